The van der Waals surface area contributed by atoms with Crippen molar-refractivity contribution < 1.29 is 4.79 Å². The Labute approximate surface area is 77.0 Å². The second kappa shape index (κ2) is 2.34. The van der Waals surface area contributed by atoms with Crippen LogP contribution in [0.2, 0.25) is 0 Å². The highest BCUT2D eigenvalue weighted by molar-refractivity contribution is 5.82. The van der Waals surface area contributed by atoms with Gasteiger partial charge in [-0.05, 0) is 12.0 Å². The van der Waals surface area contributed by atoms with Gasteiger partial charge in [0.2, 0.25) is 5.91 Å². The molecule has 2 unspecified atom stereocenters. The van der Waals surface area contributed by atoms with Gasteiger partial charge in [0.15, 0.2) is 0 Å². The minimum absolute atomic E-state index is 0.189. The molecule has 3 aliphatic rings. The first kappa shape index (κ1) is 7.13. The molecule has 1 saturated heterocycles. The molecule has 0 spiro atoms. The van der Waals surface area contributed by atoms with Crippen LogP contribution in [-0.2, 0) is 4.79 Å². The second-order valence-electron chi connectivity index (χ2n) is 3.90. The van der Waals surface area contributed by atoms with Crippen molar-refractivity contribution in [3.8, 4) is 0 Å². The monoisotopic (exact) mass is 173 g/mol. The molecule has 0 aromatic rings. The molecule has 0 aromatic carbocycles. The van der Waals surface area contributed by atoms with Crippen LogP contribution < -0.4 is 5.32 Å². The summed E-state index contributed by atoms with van der Waals surface area (Å²) in [5.74, 6) is 1.22. The van der Waals surface area contributed by atoms with Crippen molar-refractivity contribution in [2.45, 2.75) is 12.8 Å². The van der Waals surface area contributed by atoms with Gasteiger partial charge in [-0.15, -0.1) is 0 Å². The van der Waals surface area contributed by atoms with Crippen molar-refractivity contribution >= 4 is 5.91 Å². The molecule has 0 bridgehead atoms. The van der Waals surface area contributed by atoms with E-state index in [0.29, 0.717) is 18.3 Å². The molecular weight excluding hydrogens is 162 g/mol. The lowest BCUT2D eigenvalue weighted by molar-refractivity contribution is -0.119. The van der Waals surface area contributed by atoms with Crippen molar-refractivity contribution in [1.82, 2.24) is 5.32 Å². The lowest BCUT2D eigenvalue weighted by Crippen LogP contribution is -2.14. The van der Waals surface area contributed by atoms with Crippen LogP contribution in [0.4, 0.5) is 0 Å². The topological polar surface area (TPSA) is 29.1 Å². The highest BCUT2D eigenvalue weighted by Gasteiger charge is 2.37. The number of hydrogen-bond acceptors (Lipinski definition) is 1. The van der Waals surface area contributed by atoms with Crippen molar-refractivity contribution in [2.75, 3.05) is 0 Å². The quantitative estimate of drug-likeness (QED) is 0.591. The van der Waals surface area contributed by atoms with Gasteiger partial charge < -0.3 is 5.32 Å². The van der Waals surface area contributed by atoms with E-state index in [0.717, 1.165) is 6.42 Å². The summed E-state index contributed by atoms with van der Waals surface area (Å²) in [6.07, 6.45) is 10.3. The number of carbonyl (C=O) groups excluding carboxylic acids is 1. The van der Waals surface area contributed by atoms with E-state index < -0.39 is 0 Å². The van der Waals surface area contributed by atoms with Crippen molar-refractivity contribution in [2.24, 2.45) is 11.8 Å². The summed E-state index contributed by atoms with van der Waals surface area (Å²) >= 11 is 0. The fourth-order valence-electron chi connectivity index (χ4n) is 2.52. The third kappa shape index (κ3) is 0.916. The third-order valence-electron chi connectivity index (χ3n) is 3.09. The number of fused-ring (bicyclic) bond motifs is 2. The molecule has 1 heterocycles. The molecule has 1 aliphatic heterocycles. The molecule has 2 atom stereocenters. The van der Waals surface area contributed by atoms with Crippen LogP contribution in [0.3, 0.4) is 0 Å². The standard InChI is InChI=1S/C11H11NO/c13-10-6-8-5-7-3-1-2-4-9(7)11(8)12-10/h1-4,7-8H,5-6H2,(H,12,13). The first-order valence-corrected chi connectivity index (χ1v) is 4.73. The summed E-state index contributed by atoms with van der Waals surface area (Å²) < 4.78 is 0. The molecule has 2 aliphatic carbocycles. The molecule has 0 aromatic heterocycles. The van der Waals surface area contributed by atoms with E-state index >= 15 is 0 Å². The lowest BCUT2D eigenvalue weighted by atomic mass is 9.95. The van der Waals surface area contributed by atoms with Crippen molar-refractivity contribution in [1.29, 1.82) is 0 Å². The average molecular weight is 173 g/mol. The predicted molar refractivity (Wildman–Crippen MR) is 49.7 cm³/mol. The zero-order chi connectivity index (χ0) is 8.84. The van der Waals surface area contributed by atoms with Crippen LogP contribution in [0.1, 0.15) is 12.8 Å². The van der Waals surface area contributed by atoms with E-state index in [1.165, 1.54) is 11.3 Å². The van der Waals surface area contributed by atoms with Crippen molar-refractivity contribution in [3.05, 3.63) is 35.6 Å². The zero-order valence-corrected chi connectivity index (χ0v) is 7.29. The van der Waals surface area contributed by atoms with Crippen LogP contribution in [0, 0.1) is 11.8 Å². The summed E-state index contributed by atoms with van der Waals surface area (Å²) in [4.78, 5) is 11.1. The van der Waals surface area contributed by atoms with Crippen LogP contribution in [0.15, 0.2) is 35.6 Å². The summed E-state index contributed by atoms with van der Waals surface area (Å²) in [5, 5.41) is 2.97. The first-order valence-electron chi connectivity index (χ1n) is 4.73. The Bertz CT molecular complexity index is 362. The van der Waals surface area contributed by atoms with E-state index in [4.69, 9.17) is 0 Å². The van der Waals surface area contributed by atoms with Gasteiger partial charge in [0, 0.05) is 24.0 Å². The molecule has 66 valence electrons. The van der Waals surface area contributed by atoms with Gasteiger partial charge in [0.1, 0.15) is 0 Å². The largest absolute Gasteiger partial charge is 0.329 e. The summed E-state index contributed by atoms with van der Waals surface area (Å²) in [7, 11) is 0. The number of rotatable bonds is 0. The second-order valence-corrected chi connectivity index (χ2v) is 3.90. The van der Waals surface area contributed by atoms with Gasteiger partial charge >= 0.3 is 0 Å². The molecule has 1 fully saturated rings. The van der Waals surface area contributed by atoms with E-state index in [1.807, 2.05) is 6.08 Å². The van der Waals surface area contributed by atoms with E-state index in [2.05, 4.69) is 23.5 Å². The average Bonchev–Trinajstić information content (AvgIpc) is 2.60. The third-order valence-corrected chi connectivity index (χ3v) is 3.09. The Morgan fingerprint density at radius 3 is 3.23 bits per heavy atom. The molecule has 0 radical (unpaired) electrons. The molecule has 0 saturated carbocycles. The fraction of sp³-hybridized carbons (Fsp3) is 0.364. The molecule has 1 amide bonds. The molecule has 2 heteroatoms. The lowest BCUT2D eigenvalue weighted by Gasteiger charge is -2.10. The van der Waals surface area contributed by atoms with Crippen LogP contribution in [0.5, 0.6) is 0 Å². The van der Waals surface area contributed by atoms with E-state index in [1.54, 1.807) is 0 Å². The highest BCUT2D eigenvalue weighted by Crippen LogP contribution is 2.42. The normalized spacial score (nSPS) is 34.9. The Morgan fingerprint density at radius 2 is 2.31 bits per heavy atom. The molecule has 3 rings (SSSR count). The number of amides is 1. The number of carbonyl (C=O) groups is 1. The van der Waals surface area contributed by atoms with Gasteiger partial charge in [-0.2, -0.15) is 0 Å². The van der Waals surface area contributed by atoms with E-state index in [9.17, 15) is 4.79 Å². The Kier molecular flexibility index (Phi) is 1.29. The van der Waals surface area contributed by atoms with Gasteiger partial charge in [-0.1, -0.05) is 24.3 Å². The maximum atomic E-state index is 11.1. The summed E-state index contributed by atoms with van der Waals surface area (Å²) in [5.41, 5.74) is 2.52. The van der Waals surface area contributed by atoms with Gasteiger partial charge in [0.25, 0.3) is 0 Å². The minimum Gasteiger partial charge on any atom is -0.329 e. The SMILES string of the molecule is O=C1CC2CC3C=CC=CC3=C2N1. The predicted octanol–water partition coefficient (Wildman–Crippen LogP) is 1.52. The summed E-state index contributed by atoms with van der Waals surface area (Å²) in [6.45, 7) is 0. The van der Waals surface area contributed by atoms with Crippen LogP contribution >= 0.6 is 0 Å². The Morgan fingerprint density at radius 1 is 1.38 bits per heavy atom. The number of hydrogen-bond donors (Lipinski definition) is 1. The molecule has 13 heavy (non-hydrogen) atoms. The number of allylic oxidation sites excluding steroid dienone is 6. The number of nitrogens with one attached hydrogen (secondary N) is 1. The maximum Gasteiger partial charge on any atom is 0.224 e. The fourth-order valence-corrected chi connectivity index (χ4v) is 2.52. The smallest absolute Gasteiger partial charge is 0.224 e. The van der Waals surface area contributed by atoms with Gasteiger partial charge in [-0.25, -0.2) is 0 Å². The van der Waals surface area contributed by atoms with Crippen LogP contribution in [0.25, 0.3) is 0 Å². The molecule has 1 N–H and O–H groups in total. The Balaban J connectivity index is 2.06. The van der Waals surface area contributed by atoms with Crippen molar-refractivity contribution in [3.63, 3.8) is 0 Å². The maximum absolute atomic E-state index is 11.1. The highest BCUT2D eigenvalue weighted by atomic mass is 16.1. The first-order chi connectivity index (χ1) is 6.34. The van der Waals surface area contributed by atoms with E-state index in [-0.39, 0.29) is 5.91 Å². The van der Waals surface area contributed by atoms with Gasteiger partial charge in [0.05, 0.1) is 0 Å². The molecule has 2 nitrogen and oxygen atoms in total. The van der Waals surface area contributed by atoms with Gasteiger partial charge in [-0.3, -0.25) is 4.79 Å². The minimum atomic E-state index is 0.189. The zero-order valence-electron chi connectivity index (χ0n) is 7.29. The Hall–Kier alpha value is -1.31. The van der Waals surface area contributed by atoms with Crippen LogP contribution in [-0.4, -0.2) is 5.91 Å². The molecular formula is C11H11NO. The summed E-state index contributed by atoms with van der Waals surface area (Å²) in [6, 6.07) is 0.